The van der Waals surface area contributed by atoms with Crippen LogP contribution in [0.1, 0.15) is 46.6 Å². The van der Waals surface area contributed by atoms with Crippen molar-refractivity contribution in [2.45, 2.75) is 64.3 Å². The summed E-state index contributed by atoms with van der Waals surface area (Å²) in [4.78, 5) is 21.2. The number of halogens is 1. The molecule has 3 aliphatic heterocycles. The van der Waals surface area contributed by atoms with E-state index in [9.17, 15) is 15.2 Å². The summed E-state index contributed by atoms with van der Waals surface area (Å²) < 4.78 is 27.3. The van der Waals surface area contributed by atoms with Gasteiger partial charge in [0, 0.05) is 30.4 Å². The minimum atomic E-state index is -1.17. The van der Waals surface area contributed by atoms with E-state index in [-0.39, 0.29) is 36.1 Å². The highest BCUT2D eigenvalue weighted by Gasteiger charge is 2.49. The average molecular weight is 523 g/mol. The average Bonchev–Trinajstić information content (AvgIpc) is 3.27. The number of hydrogen-bond acceptors (Lipinski definition) is 8. The van der Waals surface area contributed by atoms with E-state index in [0.717, 1.165) is 16.8 Å². The van der Waals surface area contributed by atoms with Gasteiger partial charge in [-0.25, -0.2) is 14.3 Å². The highest BCUT2D eigenvalue weighted by Crippen LogP contribution is 2.37. The maximum absolute atomic E-state index is 15.1. The van der Waals surface area contributed by atoms with E-state index in [2.05, 4.69) is 21.1 Å². The third-order valence-corrected chi connectivity index (χ3v) is 6.57. The predicted molar refractivity (Wildman–Crippen MR) is 137 cm³/mol. The summed E-state index contributed by atoms with van der Waals surface area (Å²) in [6, 6.07) is 7.44. The van der Waals surface area contributed by atoms with Crippen molar-refractivity contribution in [3.8, 4) is 22.9 Å². The van der Waals surface area contributed by atoms with E-state index in [1.165, 1.54) is 12.3 Å². The molecule has 0 aromatic carbocycles. The van der Waals surface area contributed by atoms with Crippen LogP contribution in [-0.2, 0) is 4.74 Å². The van der Waals surface area contributed by atoms with Crippen molar-refractivity contribution in [1.82, 2.24) is 19.5 Å². The first-order chi connectivity index (χ1) is 17.8. The smallest absolute Gasteiger partial charge is 0.410 e. The number of nitrogens with zero attached hydrogens (tertiary/aromatic N) is 6. The van der Waals surface area contributed by atoms with E-state index in [1.807, 2.05) is 37.8 Å². The first-order valence-electron chi connectivity index (χ1n) is 12.5. The number of nitriles is 1. The van der Waals surface area contributed by atoms with E-state index in [0.29, 0.717) is 29.7 Å². The van der Waals surface area contributed by atoms with Gasteiger partial charge in [-0.1, -0.05) is 0 Å². The molecule has 6 rings (SSSR count). The number of hydrogen-bond donors (Lipinski definition) is 1. The third kappa shape index (κ3) is 4.84. The molecule has 0 spiro atoms. The number of anilines is 1. The monoisotopic (exact) mass is 522 g/mol. The molecule has 38 heavy (non-hydrogen) atoms. The third-order valence-electron chi connectivity index (χ3n) is 6.57. The van der Waals surface area contributed by atoms with Crippen LogP contribution in [0, 0.1) is 17.3 Å². The molecular formula is C27H31FN6O4. The number of aromatic nitrogens is 3. The molecule has 2 unspecified atom stereocenters. The zero-order chi connectivity index (χ0) is 27.4. The van der Waals surface area contributed by atoms with Gasteiger partial charge in [0.1, 0.15) is 24.1 Å². The lowest BCUT2D eigenvalue weighted by Gasteiger charge is -2.56. The Balaban J connectivity index is 1.39. The minimum absolute atomic E-state index is 0.0715. The lowest BCUT2D eigenvalue weighted by atomic mass is 9.88. The standard InChI is InChI=1S/C27H31FN6O4/c1-26(2,3)38-25(35)33-18-8-19(33)14-32(13-18)22-7-6-16(11-30-22)20-9-21(37-15-27(4,5)36)24(28)34-23(20)17(10-29)12-31-34/h6-7,9,11-12,18-19,36H,8,13-15H2,1-5H3. The summed E-state index contributed by atoms with van der Waals surface area (Å²) in [5, 5.41) is 23.6. The Morgan fingerprint density at radius 3 is 2.50 bits per heavy atom. The number of carbonyl (C=O) groups is 1. The summed E-state index contributed by atoms with van der Waals surface area (Å²) in [7, 11) is 0. The number of fused-ring (bicyclic) bond motifs is 3. The van der Waals surface area contributed by atoms with Gasteiger partial charge in [-0.3, -0.25) is 4.90 Å². The number of aliphatic hydroxyl groups is 1. The molecule has 2 atom stereocenters. The Bertz CT molecular complexity index is 1410. The maximum atomic E-state index is 15.1. The zero-order valence-corrected chi connectivity index (χ0v) is 22.1. The van der Waals surface area contributed by atoms with Crippen molar-refractivity contribution in [2.24, 2.45) is 0 Å². The topological polar surface area (TPSA) is 116 Å². The van der Waals surface area contributed by atoms with Crippen LogP contribution in [0.4, 0.5) is 15.0 Å². The van der Waals surface area contributed by atoms with E-state index >= 15 is 4.39 Å². The number of piperazine rings is 1. The molecule has 3 fully saturated rings. The Kier molecular flexibility index (Phi) is 6.18. The van der Waals surface area contributed by atoms with Gasteiger partial charge in [0.15, 0.2) is 5.75 Å². The Hall–Kier alpha value is -3.91. The molecule has 1 amide bonds. The lowest BCUT2D eigenvalue weighted by molar-refractivity contribution is -0.0380. The van der Waals surface area contributed by atoms with E-state index in [4.69, 9.17) is 9.47 Å². The molecule has 6 heterocycles. The zero-order valence-electron chi connectivity index (χ0n) is 22.1. The van der Waals surface area contributed by atoms with E-state index in [1.54, 1.807) is 20.0 Å². The fourth-order valence-corrected chi connectivity index (χ4v) is 4.92. The van der Waals surface area contributed by atoms with Crippen molar-refractivity contribution in [3.63, 3.8) is 0 Å². The Labute approximate surface area is 220 Å². The molecule has 0 saturated carbocycles. The number of carbonyl (C=O) groups excluding carboxylic acids is 1. The first-order valence-corrected chi connectivity index (χ1v) is 12.5. The first kappa shape index (κ1) is 25.7. The van der Waals surface area contributed by atoms with Crippen molar-refractivity contribution in [2.75, 3.05) is 24.6 Å². The van der Waals surface area contributed by atoms with Crippen LogP contribution in [-0.4, -0.2) is 73.7 Å². The minimum Gasteiger partial charge on any atom is -0.486 e. The van der Waals surface area contributed by atoms with Gasteiger partial charge in [-0.15, -0.1) is 0 Å². The molecule has 1 N–H and O–H groups in total. The van der Waals surface area contributed by atoms with Crippen molar-refractivity contribution in [3.05, 3.63) is 42.1 Å². The van der Waals surface area contributed by atoms with Gasteiger partial charge in [-0.2, -0.15) is 14.8 Å². The van der Waals surface area contributed by atoms with Gasteiger partial charge in [0.05, 0.1) is 35.0 Å². The fourth-order valence-electron chi connectivity index (χ4n) is 4.92. The molecule has 10 nitrogen and oxygen atoms in total. The van der Waals surface area contributed by atoms with Gasteiger partial charge in [0.2, 0.25) is 0 Å². The van der Waals surface area contributed by atoms with Gasteiger partial charge in [-0.05, 0) is 59.2 Å². The quantitative estimate of drug-likeness (QED) is 0.504. The molecule has 2 bridgehead atoms. The summed E-state index contributed by atoms with van der Waals surface area (Å²) in [6.07, 6.45) is 3.63. The SMILES string of the molecule is CC(C)(O)COc1cc(-c2ccc(N3CC4CC(C3)N4C(=O)OC(C)(C)C)nc2)c2c(C#N)cnn2c1F. The molecule has 11 heteroatoms. The second-order valence-electron chi connectivity index (χ2n) is 11.5. The predicted octanol–water partition coefficient (Wildman–Crippen LogP) is 3.75. The fraction of sp³-hybridized carbons (Fsp3) is 0.481. The van der Waals surface area contributed by atoms with Gasteiger partial charge >= 0.3 is 6.09 Å². The van der Waals surface area contributed by atoms with Crippen molar-refractivity contribution in [1.29, 1.82) is 5.26 Å². The molecule has 0 radical (unpaired) electrons. The van der Waals surface area contributed by atoms with Crippen LogP contribution >= 0.6 is 0 Å². The van der Waals surface area contributed by atoms with Crippen LogP contribution in [0.15, 0.2) is 30.6 Å². The molecule has 3 saturated heterocycles. The van der Waals surface area contributed by atoms with Crippen molar-refractivity contribution < 1.29 is 23.8 Å². The number of pyridine rings is 2. The summed E-state index contributed by atoms with van der Waals surface area (Å²) >= 11 is 0. The Morgan fingerprint density at radius 2 is 1.92 bits per heavy atom. The second-order valence-corrected chi connectivity index (χ2v) is 11.5. The van der Waals surface area contributed by atoms with Crippen molar-refractivity contribution >= 4 is 17.4 Å². The molecule has 3 aliphatic rings. The van der Waals surface area contributed by atoms with Crippen LogP contribution in [0.3, 0.4) is 0 Å². The van der Waals surface area contributed by atoms with Crippen LogP contribution in [0.2, 0.25) is 0 Å². The number of ether oxygens (including phenoxy) is 2. The van der Waals surface area contributed by atoms with Crippen LogP contribution in [0.5, 0.6) is 5.75 Å². The van der Waals surface area contributed by atoms with Crippen LogP contribution < -0.4 is 9.64 Å². The second kappa shape index (κ2) is 9.13. The summed E-state index contributed by atoms with van der Waals surface area (Å²) in [6.45, 7) is 9.88. The van der Waals surface area contributed by atoms with Crippen LogP contribution in [0.25, 0.3) is 16.6 Å². The summed E-state index contributed by atoms with van der Waals surface area (Å²) in [5.41, 5.74) is 0.00665. The molecule has 0 aliphatic carbocycles. The van der Waals surface area contributed by atoms with Gasteiger partial charge in [0.25, 0.3) is 5.95 Å². The number of amides is 1. The number of piperidine rings is 1. The Morgan fingerprint density at radius 1 is 1.21 bits per heavy atom. The van der Waals surface area contributed by atoms with Gasteiger partial charge < -0.3 is 19.5 Å². The highest BCUT2D eigenvalue weighted by atomic mass is 19.1. The molecular weight excluding hydrogens is 491 g/mol. The molecule has 200 valence electrons. The molecule has 3 aromatic rings. The normalized spacial score (nSPS) is 19.2. The lowest BCUT2D eigenvalue weighted by Crippen LogP contribution is -2.70. The molecule has 3 aromatic heterocycles. The maximum Gasteiger partial charge on any atom is 0.410 e. The number of rotatable bonds is 5. The highest BCUT2D eigenvalue weighted by molar-refractivity contribution is 5.85. The largest absolute Gasteiger partial charge is 0.486 e. The van der Waals surface area contributed by atoms with E-state index < -0.39 is 17.1 Å². The summed E-state index contributed by atoms with van der Waals surface area (Å²) in [5.74, 6) is -0.0938.